The van der Waals surface area contributed by atoms with Gasteiger partial charge in [0.25, 0.3) is 5.91 Å². The lowest BCUT2D eigenvalue weighted by Crippen LogP contribution is -2.49. The molecule has 4 rings (SSSR count). The number of amides is 1. The van der Waals surface area contributed by atoms with Crippen molar-refractivity contribution in [1.29, 1.82) is 0 Å². The van der Waals surface area contributed by atoms with Crippen LogP contribution in [0.2, 0.25) is 0 Å². The SMILES string of the molecule is O=C(O)COC(C(=O)O)C(OCCCCCc1ccc2ccccc2c1)C(=O)NCCCCCCc1ccc2ccccc2c1. The van der Waals surface area contributed by atoms with Gasteiger partial charge in [-0.05, 0) is 71.2 Å². The first-order valence-corrected chi connectivity index (χ1v) is 15.8. The highest BCUT2D eigenvalue weighted by atomic mass is 16.6. The first-order chi connectivity index (χ1) is 21.9. The third kappa shape index (κ3) is 11.0. The molecule has 2 atom stereocenters. The molecule has 0 aliphatic carbocycles. The molecule has 8 heteroatoms. The minimum atomic E-state index is -1.72. The van der Waals surface area contributed by atoms with Gasteiger partial charge in [0.1, 0.15) is 6.61 Å². The second-order valence-corrected chi connectivity index (χ2v) is 11.4. The summed E-state index contributed by atoms with van der Waals surface area (Å²) in [6.45, 7) is -0.316. The quantitative estimate of drug-likeness (QED) is 0.0965. The summed E-state index contributed by atoms with van der Waals surface area (Å²) in [6.07, 6.45) is 4.76. The van der Waals surface area contributed by atoms with E-state index in [4.69, 9.17) is 14.6 Å². The van der Waals surface area contributed by atoms with E-state index in [1.54, 1.807) is 0 Å². The lowest BCUT2D eigenvalue weighted by Gasteiger charge is -2.23. The van der Waals surface area contributed by atoms with Gasteiger partial charge in [-0.15, -0.1) is 0 Å². The predicted octanol–water partition coefficient (Wildman–Crippen LogP) is 6.56. The van der Waals surface area contributed by atoms with Crippen LogP contribution >= 0.6 is 0 Å². The monoisotopic (exact) mass is 613 g/mol. The number of nitrogens with one attached hydrogen (secondary N) is 1. The van der Waals surface area contributed by atoms with Crippen LogP contribution in [0.5, 0.6) is 0 Å². The number of ether oxygens (including phenoxy) is 2. The molecule has 1 amide bonds. The van der Waals surface area contributed by atoms with Crippen LogP contribution < -0.4 is 5.32 Å². The van der Waals surface area contributed by atoms with Crippen molar-refractivity contribution in [1.82, 2.24) is 5.32 Å². The summed E-state index contributed by atoms with van der Waals surface area (Å²) in [5, 5.41) is 26.3. The number of rotatable bonds is 20. The van der Waals surface area contributed by atoms with Crippen molar-refractivity contribution in [3.8, 4) is 0 Å². The van der Waals surface area contributed by atoms with E-state index in [9.17, 15) is 19.5 Å². The van der Waals surface area contributed by atoms with Crippen LogP contribution in [-0.4, -0.2) is 60.0 Å². The van der Waals surface area contributed by atoms with Crippen molar-refractivity contribution < 1.29 is 34.1 Å². The first kappa shape index (κ1) is 33.6. The number of hydrogen-bond acceptors (Lipinski definition) is 5. The summed E-state index contributed by atoms with van der Waals surface area (Å²) in [7, 11) is 0. The Kier molecular flexibility index (Phi) is 13.4. The third-order valence-electron chi connectivity index (χ3n) is 7.89. The molecule has 2 unspecified atom stereocenters. The van der Waals surface area contributed by atoms with Gasteiger partial charge in [0.15, 0.2) is 12.2 Å². The van der Waals surface area contributed by atoms with Crippen molar-refractivity contribution >= 4 is 39.4 Å². The van der Waals surface area contributed by atoms with Crippen LogP contribution in [0.4, 0.5) is 0 Å². The molecule has 0 saturated heterocycles. The number of hydrogen-bond donors (Lipinski definition) is 3. The number of carbonyl (C=O) groups is 3. The Bertz CT molecular complexity index is 1550. The number of carboxylic acid groups (broad SMARTS) is 2. The second kappa shape index (κ2) is 17.9. The van der Waals surface area contributed by atoms with Gasteiger partial charge >= 0.3 is 11.9 Å². The van der Waals surface area contributed by atoms with Crippen LogP contribution in [0, 0.1) is 0 Å². The number of carbonyl (C=O) groups excluding carboxylic acids is 1. The number of fused-ring (bicyclic) bond motifs is 2. The van der Waals surface area contributed by atoms with Gasteiger partial charge in [-0.2, -0.15) is 0 Å². The fourth-order valence-corrected chi connectivity index (χ4v) is 5.48. The maximum atomic E-state index is 13.0. The molecule has 8 nitrogen and oxygen atoms in total. The Balaban J connectivity index is 1.18. The van der Waals surface area contributed by atoms with Gasteiger partial charge in [-0.3, -0.25) is 4.79 Å². The number of aliphatic carboxylic acids is 2. The zero-order chi connectivity index (χ0) is 31.9. The summed E-state index contributed by atoms with van der Waals surface area (Å²) >= 11 is 0. The van der Waals surface area contributed by atoms with Gasteiger partial charge in [-0.1, -0.05) is 104 Å². The van der Waals surface area contributed by atoms with Crippen LogP contribution in [0.3, 0.4) is 0 Å². The maximum absolute atomic E-state index is 13.0. The van der Waals surface area contributed by atoms with E-state index < -0.39 is 36.7 Å². The molecule has 3 N–H and O–H groups in total. The number of carboxylic acids is 2. The number of unbranched alkanes of at least 4 members (excludes halogenated alkanes) is 5. The lowest BCUT2D eigenvalue weighted by molar-refractivity contribution is -0.172. The van der Waals surface area contributed by atoms with Gasteiger partial charge < -0.3 is 25.0 Å². The number of benzene rings is 4. The van der Waals surface area contributed by atoms with Crippen molar-refractivity contribution in [2.24, 2.45) is 0 Å². The topological polar surface area (TPSA) is 122 Å². The van der Waals surface area contributed by atoms with Gasteiger partial charge in [-0.25, -0.2) is 9.59 Å². The molecule has 238 valence electrons. The zero-order valence-electron chi connectivity index (χ0n) is 25.7. The molecule has 0 aliphatic rings. The summed E-state index contributed by atoms with van der Waals surface area (Å²) in [5.41, 5.74) is 2.55. The minimum absolute atomic E-state index is 0.158. The molecule has 4 aromatic rings. The average molecular weight is 614 g/mol. The molecular weight excluding hydrogens is 570 g/mol. The first-order valence-electron chi connectivity index (χ1n) is 15.8. The van der Waals surface area contributed by atoms with Crippen molar-refractivity contribution in [3.05, 3.63) is 96.1 Å². The van der Waals surface area contributed by atoms with Gasteiger partial charge in [0.05, 0.1) is 0 Å². The standard InChI is InChI=1S/C37H43NO7/c39-33(40)26-45-35(37(42)43)34(44-23-11-3-5-13-28-19-21-30-15-7-9-17-32(30)25-28)36(41)38-22-10-2-1-4-12-27-18-20-29-14-6-8-16-31(29)24-27/h6-9,14-21,24-25,34-35H,1-5,10-13,22-23,26H2,(H,38,41)(H,39,40)(H,42,43). The lowest BCUT2D eigenvalue weighted by atomic mass is 10.0. The van der Waals surface area contributed by atoms with E-state index in [0.717, 1.165) is 51.4 Å². The highest BCUT2D eigenvalue weighted by molar-refractivity contribution is 5.88. The normalized spacial score (nSPS) is 12.6. The summed E-state index contributed by atoms with van der Waals surface area (Å²) in [4.78, 5) is 35.9. The van der Waals surface area contributed by atoms with Crippen molar-refractivity contribution in [2.75, 3.05) is 19.8 Å². The predicted molar refractivity (Wildman–Crippen MR) is 175 cm³/mol. The molecular formula is C37H43NO7. The highest BCUT2D eigenvalue weighted by Crippen LogP contribution is 2.19. The van der Waals surface area contributed by atoms with Crippen molar-refractivity contribution in [3.63, 3.8) is 0 Å². The van der Waals surface area contributed by atoms with Gasteiger partial charge in [0.2, 0.25) is 0 Å². The fourth-order valence-electron chi connectivity index (χ4n) is 5.48. The smallest absolute Gasteiger partial charge is 0.336 e. The zero-order valence-corrected chi connectivity index (χ0v) is 25.7. The van der Waals surface area contributed by atoms with Crippen LogP contribution in [0.1, 0.15) is 56.1 Å². The molecule has 0 saturated carbocycles. The molecule has 0 aromatic heterocycles. The molecule has 0 aliphatic heterocycles. The molecule has 0 heterocycles. The molecule has 0 radical (unpaired) electrons. The Hall–Kier alpha value is -4.27. The number of aryl methyl sites for hydroxylation is 2. The van der Waals surface area contributed by atoms with E-state index in [2.05, 4.69) is 66.0 Å². The largest absolute Gasteiger partial charge is 0.480 e. The average Bonchev–Trinajstić information content (AvgIpc) is 3.04. The molecule has 0 bridgehead atoms. The molecule has 4 aromatic carbocycles. The maximum Gasteiger partial charge on any atom is 0.336 e. The summed E-state index contributed by atoms with van der Waals surface area (Å²) in [6, 6.07) is 29.5. The Morgan fingerprint density at radius 2 is 1.13 bits per heavy atom. The fraction of sp³-hybridized carbons (Fsp3) is 0.378. The van der Waals surface area contributed by atoms with E-state index in [0.29, 0.717) is 13.0 Å². The van der Waals surface area contributed by atoms with E-state index >= 15 is 0 Å². The van der Waals surface area contributed by atoms with Crippen LogP contribution in [0.25, 0.3) is 21.5 Å². The van der Waals surface area contributed by atoms with Crippen LogP contribution in [0.15, 0.2) is 84.9 Å². The Morgan fingerprint density at radius 3 is 1.69 bits per heavy atom. The van der Waals surface area contributed by atoms with E-state index in [-0.39, 0.29) is 6.61 Å². The summed E-state index contributed by atoms with van der Waals surface area (Å²) in [5.74, 6) is -3.38. The third-order valence-corrected chi connectivity index (χ3v) is 7.89. The van der Waals surface area contributed by atoms with E-state index in [1.165, 1.54) is 32.7 Å². The van der Waals surface area contributed by atoms with Gasteiger partial charge in [0, 0.05) is 13.2 Å². The van der Waals surface area contributed by atoms with Crippen molar-refractivity contribution in [2.45, 2.75) is 70.0 Å². The second-order valence-electron chi connectivity index (χ2n) is 11.4. The molecule has 0 spiro atoms. The minimum Gasteiger partial charge on any atom is -0.480 e. The molecule has 45 heavy (non-hydrogen) atoms. The summed E-state index contributed by atoms with van der Waals surface area (Å²) < 4.78 is 10.8. The Labute approximate surface area is 264 Å². The highest BCUT2D eigenvalue weighted by Gasteiger charge is 2.36. The Morgan fingerprint density at radius 1 is 0.600 bits per heavy atom. The molecule has 0 fully saturated rings. The van der Waals surface area contributed by atoms with Crippen LogP contribution in [-0.2, 0) is 36.7 Å². The van der Waals surface area contributed by atoms with E-state index in [1.807, 2.05) is 24.3 Å².